The van der Waals surface area contributed by atoms with Crippen LogP contribution in [0.2, 0.25) is 0 Å². The van der Waals surface area contributed by atoms with Crippen LogP contribution in [0.15, 0.2) is 60.7 Å². The van der Waals surface area contributed by atoms with Crippen LogP contribution in [0.4, 0.5) is 0 Å². The SMILES string of the molecule is O=C(OCCC(Cl)OC(Cl)CCOC(=O)c1ccccc1)c1ccccc1. The molecule has 5 nitrogen and oxygen atoms in total. The van der Waals surface area contributed by atoms with Crippen LogP contribution < -0.4 is 0 Å². The van der Waals surface area contributed by atoms with Crippen LogP contribution in [0, 0.1) is 0 Å². The molecule has 0 saturated carbocycles. The second-order valence-electron chi connectivity index (χ2n) is 5.54. The average Bonchev–Trinajstić information content (AvgIpc) is 2.69. The minimum Gasteiger partial charge on any atom is -0.462 e. The summed E-state index contributed by atoms with van der Waals surface area (Å²) in [4.78, 5) is 23.6. The van der Waals surface area contributed by atoms with Crippen molar-refractivity contribution in [1.82, 2.24) is 0 Å². The molecule has 2 aromatic rings. The zero-order valence-corrected chi connectivity index (χ0v) is 16.1. The van der Waals surface area contributed by atoms with Crippen LogP contribution in [0.1, 0.15) is 33.6 Å². The van der Waals surface area contributed by atoms with Crippen LogP contribution >= 0.6 is 23.2 Å². The zero-order chi connectivity index (χ0) is 19.5. The molecule has 0 N–H and O–H groups in total. The Morgan fingerprint density at radius 2 is 1.07 bits per heavy atom. The van der Waals surface area contributed by atoms with E-state index in [1.807, 2.05) is 12.1 Å². The Kier molecular flexibility index (Phi) is 9.11. The minimum atomic E-state index is -0.721. The lowest BCUT2D eigenvalue weighted by atomic mass is 10.2. The van der Waals surface area contributed by atoms with Gasteiger partial charge in [-0.05, 0) is 24.3 Å². The van der Waals surface area contributed by atoms with E-state index in [4.69, 9.17) is 37.4 Å². The number of benzene rings is 2. The summed E-state index contributed by atoms with van der Waals surface area (Å²) in [6.07, 6.45) is 0.570. The van der Waals surface area contributed by atoms with Gasteiger partial charge in [0.05, 0.1) is 24.3 Å². The van der Waals surface area contributed by atoms with Gasteiger partial charge in [0.15, 0.2) is 0 Å². The van der Waals surface area contributed by atoms with Gasteiger partial charge in [0, 0.05) is 12.8 Å². The molecule has 0 aliphatic heterocycles. The first-order valence-electron chi connectivity index (χ1n) is 8.44. The number of ether oxygens (including phenoxy) is 3. The highest BCUT2D eigenvalue weighted by atomic mass is 35.5. The Hall–Kier alpha value is -2.08. The Morgan fingerprint density at radius 1 is 0.704 bits per heavy atom. The summed E-state index contributed by atoms with van der Waals surface area (Å²) in [6, 6.07) is 17.3. The predicted octanol–water partition coefficient (Wildman–Crippen LogP) is 4.63. The standard InChI is InChI=1S/C20H20Cl2O5/c21-17(11-13-25-19(23)15-7-3-1-4-8-15)27-18(22)12-14-26-20(24)16-9-5-2-6-10-16/h1-10,17-18H,11-14H2. The van der Waals surface area contributed by atoms with Crippen molar-refractivity contribution in [2.24, 2.45) is 0 Å². The molecule has 144 valence electrons. The van der Waals surface area contributed by atoms with Crippen LogP contribution in [-0.4, -0.2) is 36.3 Å². The number of carbonyl (C=O) groups is 2. The van der Waals surface area contributed by atoms with Crippen LogP contribution in [0.3, 0.4) is 0 Å². The van der Waals surface area contributed by atoms with Crippen molar-refractivity contribution < 1.29 is 23.8 Å². The number of hydrogen-bond donors (Lipinski definition) is 0. The molecule has 0 aliphatic carbocycles. The summed E-state index contributed by atoms with van der Waals surface area (Å²) in [6.45, 7) is 0.211. The third-order valence-corrected chi connectivity index (χ3v) is 4.11. The molecule has 2 aromatic carbocycles. The number of hydrogen-bond acceptors (Lipinski definition) is 5. The Balaban J connectivity index is 1.59. The number of alkyl halides is 2. The molecule has 27 heavy (non-hydrogen) atoms. The summed E-state index contributed by atoms with van der Waals surface area (Å²) >= 11 is 12.1. The molecule has 2 unspecified atom stereocenters. The first kappa shape index (κ1) is 21.2. The highest BCUT2D eigenvalue weighted by Crippen LogP contribution is 2.14. The molecule has 0 aliphatic rings. The fourth-order valence-electron chi connectivity index (χ4n) is 2.10. The van der Waals surface area contributed by atoms with Crippen LogP contribution in [0.25, 0.3) is 0 Å². The molecular formula is C20H20Cl2O5. The van der Waals surface area contributed by atoms with E-state index in [-0.39, 0.29) is 26.1 Å². The maximum Gasteiger partial charge on any atom is 0.338 e. The third kappa shape index (κ3) is 7.99. The zero-order valence-electron chi connectivity index (χ0n) is 14.6. The normalized spacial score (nSPS) is 12.8. The predicted molar refractivity (Wildman–Crippen MR) is 103 cm³/mol. The summed E-state index contributed by atoms with van der Waals surface area (Å²) in [5.41, 5.74) is -0.498. The quantitative estimate of drug-likeness (QED) is 0.422. The van der Waals surface area contributed by atoms with Gasteiger partial charge in [0.25, 0.3) is 0 Å². The van der Waals surface area contributed by atoms with Gasteiger partial charge in [-0.1, -0.05) is 59.6 Å². The number of esters is 2. The van der Waals surface area contributed by atoms with Crippen molar-refractivity contribution in [1.29, 1.82) is 0 Å². The molecule has 7 heteroatoms. The van der Waals surface area contributed by atoms with Crippen molar-refractivity contribution >= 4 is 35.1 Å². The smallest absolute Gasteiger partial charge is 0.338 e. The molecule has 2 atom stereocenters. The molecule has 2 rings (SSSR count). The van der Waals surface area contributed by atoms with Crippen LogP contribution in [-0.2, 0) is 14.2 Å². The topological polar surface area (TPSA) is 61.8 Å². The Bertz CT molecular complexity index is 647. The maximum atomic E-state index is 11.8. The van der Waals surface area contributed by atoms with Gasteiger partial charge < -0.3 is 14.2 Å². The van der Waals surface area contributed by atoms with Gasteiger partial charge in [-0.25, -0.2) is 9.59 Å². The van der Waals surface area contributed by atoms with Gasteiger partial charge in [0.2, 0.25) is 0 Å². The fraction of sp³-hybridized carbons (Fsp3) is 0.300. The molecule has 0 spiro atoms. The van der Waals surface area contributed by atoms with Crippen LogP contribution in [0.5, 0.6) is 0 Å². The van der Waals surface area contributed by atoms with Gasteiger partial charge in [0.1, 0.15) is 11.1 Å². The van der Waals surface area contributed by atoms with Gasteiger partial charge in [-0.3, -0.25) is 0 Å². The molecule has 0 bridgehead atoms. The highest BCUT2D eigenvalue weighted by Gasteiger charge is 2.15. The number of halogens is 2. The van der Waals surface area contributed by atoms with E-state index in [9.17, 15) is 9.59 Å². The molecule has 0 aromatic heterocycles. The average molecular weight is 411 g/mol. The lowest BCUT2D eigenvalue weighted by Crippen LogP contribution is -2.18. The van der Waals surface area contributed by atoms with E-state index in [1.165, 1.54) is 0 Å². The molecule has 0 saturated heterocycles. The van der Waals surface area contributed by atoms with E-state index < -0.39 is 23.1 Å². The maximum absolute atomic E-state index is 11.8. The van der Waals surface area contributed by atoms with Crippen molar-refractivity contribution in [2.75, 3.05) is 13.2 Å². The van der Waals surface area contributed by atoms with Gasteiger partial charge in [-0.2, -0.15) is 0 Å². The lowest BCUT2D eigenvalue weighted by molar-refractivity contribution is 0.0246. The molecular weight excluding hydrogens is 391 g/mol. The fourth-order valence-corrected chi connectivity index (χ4v) is 2.58. The van der Waals surface area contributed by atoms with E-state index >= 15 is 0 Å². The van der Waals surface area contributed by atoms with Crippen molar-refractivity contribution in [3.05, 3.63) is 71.8 Å². The Morgan fingerprint density at radius 3 is 1.44 bits per heavy atom. The summed E-state index contributed by atoms with van der Waals surface area (Å²) in [7, 11) is 0. The van der Waals surface area contributed by atoms with E-state index in [0.717, 1.165) is 0 Å². The summed E-state index contributed by atoms with van der Waals surface area (Å²) in [5, 5.41) is 0. The number of carbonyl (C=O) groups excluding carboxylic acids is 2. The Labute approximate surface area is 168 Å². The first-order valence-corrected chi connectivity index (χ1v) is 9.31. The largest absolute Gasteiger partial charge is 0.462 e. The minimum absolute atomic E-state index is 0.106. The summed E-state index contributed by atoms with van der Waals surface area (Å²) in [5.74, 6) is -0.843. The molecule has 0 amide bonds. The molecule has 0 radical (unpaired) electrons. The van der Waals surface area contributed by atoms with Crippen molar-refractivity contribution in [3.8, 4) is 0 Å². The lowest BCUT2D eigenvalue weighted by Gasteiger charge is -2.16. The molecule has 0 heterocycles. The number of rotatable bonds is 10. The van der Waals surface area contributed by atoms with Gasteiger partial charge in [-0.15, -0.1) is 0 Å². The van der Waals surface area contributed by atoms with E-state index in [1.54, 1.807) is 48.5 Å². The first-order chi connectivity index (χ1) is 13.1. The van der Waals surface area contributed by atoms with Crippen molar-refractivity contribution in [2.45, 2.75) is 24.0 Å². The van der Waals surface area contributed by atoms with E-state index in [2.05, 4.69) is 0 Å². The van der Waals surface area contributed by atoms with E-state index in [0.29, 0.717) is 11.1 Å². The van der Waals surface area contributed by atoms with Gasteiger partial charge >= 0.3 is 11.9 Å². The monoisotopic (exact) mass is 410 g/mol. The third-order valence-electron chi connectivity index (χ3n) is 3.47. The second-order valence-corrected chi connectivity index (χ2v) is 6.51. The van der Waals surface area contributed by atoms with Crippen molar-refractivity contribution in [3.63, 3.8) is 0 Å². The second kappa shape index (κ2) is 11.6. The summed E-state index contributed by atoms with van der Waals surface area (Å²) < 4.78 is 15.6. The molecule has 0 fully saturated rings. The highest BCUT2D eigenvalue weighted by molar-refractivity contribution is 6.21.